The number of morpholine rings is 1. The lowest BCUT2D eigenvalue weighted by molar-refractivity contribution is -0.133. The van der Waals surface area contributed by atoms with Crippen molar-refractivity contribution in [1.82, 2.24) is 14.7 Å². The molecular weight excluding hydrogens is 502 g/mol. The second kappa shape index (κ2) is 13.4. The molecule has 7 nitrogen and oxygen atoms in total. The van der Waals surface area contributed by atoms with Crippen LogP contribution < -0.4 is 0 Å². The number of carbonyl (C=O) groups is 2. The summed E-state index contributed by atoms with van der Waals surface area (Å²) in [5.74, 6) is 1.29. The summed E-state index contributed by atoms with van der Waals surface area (Å²) in [5.41, 5.74) is 1.62. The van der Waals surface area contributed by atoms with Crippen LogP contribution in [-0.4, -0.2) is 72.5 Å². The third kappa shape index (κ3) is 7.37. The molecule has 2 heterocycles. The molecule has 4 aromatic rings. The number of fused-ring (bicyclic) bond motifs is 1. The molecule has 1 aliphatic heterocycles. The zero-order valence-corrected chi connectivity index (χ0v) is 23.1. The molecule has 0 aliphatic carbocycles. The van der Waals surface area contributed by atoms with Crippen molar-refractivity contribution in [2.24, 2.45) is 0 Å². The van der Waals surface area contributed by atoms with Crippen molar-refractivity contribution in [2.75, 3.05) is 45.9 Å². The average molecular weight is 540 g/mol. The second-order valence-electron chi connectivity index (χ2n) is 10.3. The molecule has 208 valence electrons. The second-order valence-corrected chi connectivity index (χ2v) is 10.3. The third-order valence-corrected chi connectivity index (χ3v) is 7.33. The summed E-state index contributed by atoms with van der Waals surface area (Å²) in [4.78, 5) is 33.5. The van der Waals surface area contributed by atoms with E-state index in [0.29, 0.717) is 25.2 Å². The van der Waals surface area contributed by atoms with Crippen LogP contribution in [0, 0.1) is 6.92 Å². The lowest BCUT2D eigenvalue weighted by Gasteiger charge is -2.30. The SMILES string of the molecule is Cc1ccc(CN(Cc2ccccc2)C(=O)CN(CCCN2CCOCC2)C(=O)c2ccc3ccccc3c2)o1. The van der Waals surface area contributed by atoms with E-state index < -0.39 is 0 Å². The first-order chi connectivity index (χ1) is 19.5. The normalized spacial score (nSPS) is 13.8. The largest absolute Gasteiger partial charge is 0.464 e. The summed E-state index contributed by atoms with van der Waals surface area (Å²) in [6.45, 7) is 7.28. The smallest absolute Gasteiger partial charge is 0.254 e. The maximum atomic E-state index is 13.9. The minimum absolute atomic E-state index is 0.00129. The molecular formula is C33H37N3O4. The zero-order chi connectivity index (χ0) is 27.7. The number of aryl methyl sites for hydroxylation is 1. The number of carbonyl (C=O) groups excluding carboxylic acids is 2. The van der Waals surface area contributed by atoms with Gasteiger partial charge in [0.2, 0.25) is 5.91 Å². The van der Waals surface area contributed by atoms with E-state index in [4.69, 9.17) is 9.15 Å². The Morgan fingerprint density at radius 2 is 1.57 bits per heavy atom. The Morgan fingerprint density at radius 3 is 2.33 bits per heavy atom. The molecule has 0 radical (unpaired) electrons. The van der Waals surface area contributed by atoms with Gasteiger partial charge in [-0.2, -0.15) is 0 Å². The monoisotopic (exact) mass is 539 g/mol. The van der Waals surface area contributed by atoms with Gasteiger partial charge in [-0.15, -0.1) is 0 Å². The number of furan rings is 1. The lowest BCUT2D eigenvalue weighted by atomic mass is 10.1. The topological polar surface area (TPSA) is 66.2 Å². The molecule has 0 N–H and O–H groups in total. The number of hydrogen-bond donors (Lipinski definition) is 0. The molecule has 1 fully saturated rings. The molecule has 3 aromatic carbocycles. The highest BCUT2D eigenvalue weighted by Gasteiger charge is 2.24. The summed E-state index contributed by atoms with van der Waals surface area (Å²) in [6, 6.07) is 27.5. The Balaban J connectivity index is 1.35. The van der Waals surface area contributed by atoms with E-state index in [1.165, 1.54) is 0 Å². The van der Waals surface area contributed by atoms with Crippen LogP contribution >= 0.6 is 0 Å². The molecule has 1 aromatic heterocycles. The number of benzene rings is 3. The molecule has 2 amide bonds. The van der Waals surface area contributed by atoms with Crippen LogP contribution in [0.1, 0.15) is 33.9 Å². The van der Waals surface area contributed by atoms with Crippen molar-refractivity contribution in [3.63, 3.8) is 0 Å². The lowest BCUT2D eigenvalue weighted by Crippen LogP contribution is -2.44. The predicted molar refractivity (Wildman–Crippen MR) is 156 cm³/mol. The first kappa shape index (κ1) is 27.6. The molecule has 5 rings (SSSR count). The van der Waals surface area contributed by atoms with E-state index in [9.17, 15) is 9.59 Å². The average Bonchev–Trinajstić information content (AvgIpc) is 3.41. The van der Waals surface area contributed by atoms with Crippen LogP contribution in [-0.2, 0) is 22.6 Å². The van der Waals surface area contributed by atoms with E-state index in [-0.39, 0.29) is 18.4 Å². The maximum Gasteiger partial charge on any atom is 0.254 e. The van der Waals surface area contributed by atoms with Crippen LogP contribution in [0.5, 0.6) is 0 Å². The van der Waals surface area contributed by atoms with Gasteiger partial charge in [0.05, 0.1) is 19.8 Å². The fraction of sp³-hybridized carbons (Fsp3) is 0.333. The fourth-order valence-corrected chi connectivity index (χ4v) is 5.12. The summed E-state index contributed by atoms with van der Waals surface area (Å²) in [5, 5.41) is 2.09. The summed E-state index contributed by atoms with van der Waals surface area (Å²) in [7, 11) is 0. The van der Waals surface area contributed by atoms with E-state index in [2.05, 4.69) is 4.90 Å². The van der Waals surface area contributed by atoms with Gasteiger partial charge >= 0.3 is 0 Å². The van der Waals surface area contributed by atoms with Crippen molar-refractivity contribution in [1.29, 1.82) is 0 Å². The van der Waals surface area contributed by atoms with Gasteiger partial charge in [0.15, 0.2) is 0 Å². The first-order valence-electron chi connectivity index (χ1n) is 14.0. The Bertz CT molecular complexity index is 1410. The minimum atomic E-state index is -0.130. The fourth-order valence-electron chi connectivity index (χ4n) is 5.12. The van der Waals surface area contributed by atoms with Gasteiger partial charge in [-0.3, -0.25) is 14.5 Å². The van der Waals surface area contributed by atoms with Gasteiger partial charge in [0.1, 0.15) is 18.1 Å². The summed E-state index contributed by atoms with van der Waals surface area (Å²) in [6.07, 6.45) is 0.780. The highest BCUT2D eigenvalue weighted by atomic mass is 16.5. The predicted octanol–water partition coefficient (Wildman–Crippen LogP) is 5.13. The highest BCUT2D eigenvalue weighted by Crippen LogP contribution is 2.19. The Kier molecular flexibility index (Phi) is 9.26. The number of nitrogens with zero attached hydrogens (tertiary/aromatic N) is 3. The Hall–Kier alpha value is -3.94. The molecule has 1 aliphatic rings. The quantitative estimate of drug-likeness (QED) is 0.264. The van der Waals surface area contributed by atoms with Crippen molar-refractivity contribution in [3.05, 3.63) is 108 Å². The van der Waals surface area contributed by atoms with Gasteiger partial charge in [-0.05, 0) is 53.9 Å². The van der Waals surface area contributed by atoms with Crippen molar-refractivity contribution in [2.45, 2.75) is 26.4 Å². The summed E-state index contributed by atoms with van der Waals surface area (Å²) >= 11 is 0. The highest BCUT2D eigenvalue weighted by molar-refractivity contribution is 6.00. The van der Waals surface area contributed by atoms with Gasteiger partial charge in [-0.1, -0.05) is 60.7 Å². The van der Waals surface area contributed by atoms with Crippen LogP contribution in [0.15, 0.2) is 89.3 Å². The van der Waals surface area contributed by atoms with Crippen LogP contribution in [0.25, 0.3) is 10.8 Å². The molecule has 1 saturated heterocycles. The maximum absolute atomic E-state index is 13.9. The minimum Gasteiger partial charge on any atom is -0.464 e. The molecule has 40 heavy (non-hydrogen) atoms. The van der Waals surface area contributed by atoms with Crippen molar-refractivity contribution < 1.29 is 18.7 Å². The zero-order valence-electron chi connectivity index (χ0n) is 23.1. The number of ether oxygens (including phenoxy) is 1. The van der Waals surface area contributed by atoms with Gasteiger partial charge in [0.25, 0.3) is 5.91 Å². The number of rotatable bonds is 11. The molecule has 0 unspecified atom stereocenters. The molecule has 7 heteroatoms. The number of amides is 2. The van der Waals surface area contributed by atoms with Gasteiger partial charge in [0, 0.05) is 38.3 Å². The molecule has 0 atom stereocenters. The summed E-state index contributed by atoms with van der Waals surface area (Å²) < 4.78 is 11.3. The molecule has 0 spiro atoms. The van der Waals surface area contributed by atoms with Gasteiger partial charge < -0.3 is 19.0 Å². The van der Waals surface area contributed by atoms with E-state index in [1.54, 1.807) is 9.80 Å². The molecule has 0 saturated carbocycles. The number of hydrogen-bond acceptors (Lipinski definition) is 5. The van der Waals surface area contributed by atoms with Gasteiger partial charge in [-0.25, -0.2) is 0 Å². The van der Waals surface area contributed by atoms with Crippen LogP contribution in [0.2, 0.25) is 0 Å². The van der Waals surface area contributed by atoms with Crippen LogP contribution in [0.4, 0.5) is 0 Å². The van der Waals surface area contributed by atoms with E-state index in [1.807, 2.05) is 91.9 Å². The van der Waals surface area contributed by atoms with E-state index in [0.717, 1.165) is 67.1 Å². The standard InChI is InChI=1S/C33H37N3O4/c1-26-12-15-31(40-26)24-36(23-27-8-3-2-4-9-27)32(37)25-35(17-7-16-34-18-20-39-21-19-34)33(38)30-14-13-28-10-5-6-11-29(28)22-30/h2-6,8-15,22H,7,16-21,23-25H2,1H3. The van der Waals surface area contributed by atoms with Crippen LogP contribution in [0.3, 0.4) is 0 Å². The van der Waals surface area contributed by atoms with Crippen molar-refractivity contribution >= 4 is 22.6 Å². The van der Waals surface area contributed by atoms with Crippen molar-refractivity contribution in [3.8, 4) is 0 Å². The van der Waals surface area contributed by atoms with E-state index >= 15 is 0 Å². The first-order valence-corrected chi connectivity index (χ1v) is 14.0. The Labute approximate surface area is 235 Å². The molecule has 0 bridgehead atoms. The Morgan fingerprint density at radius 1 is 0.825 bits per heavy atom. The third-order valence-electron chi connectivity index (χ3n) is 7.33.